The Bertz CT molecular complexity index is 1650. The molecule has 12 heteroatoms. The van der Waals surface area contributed by atoms with Gasteiger partial charge in [0.2, 0.25) is 5.91 Å². The summed E-state index contributed by atoms with van der Waals surface area (Å²) in [5.41, 5.74) is 0.888. The quantitative estimate of drug-likeness (QED) is 0.421. The molecule has 1 aliphatic carbocycles. The molecule has 3 atom stereocenters. The number of carbonyl (C=O) groups excluding carboxylic acids is 2. The first kappa shape index (κ1) is 27.4. The molecule has 2 amide bonds. The number of pyridine rings is 1. The van der Waals surface area contributed by atoms with Gasteiger partial charge in [0, 0.05) is 79.2 Å². The minimum Gasteiger partial charge on any atom is -0.489 e. The highest BCUT2D eigenvalue weighted by atomic mass is 19.4. The van der Waals surface area contributed by atoms with E-state index in [1.54, 1.807) is 23.2 Å². The number of carbonyl (C=O) groups is 2. The molecule has 3 aliphatic heterocycles. The average Bonchev–Trinajstić information content (AvgIpc) is 3.54. The van der Waals surface area contributed by atoms with Gasteiger partial charge in [0.15, 0.2) is 0 Å². The van der Waals surface area contributed by atoms with E-state index in [1.165, 1.54) is 18.3 Å². The largest absolute Gasteiger partial charge is 0.489 e. The Morgan fingerprint density at radius 3 is 2.72 bits per heavy atom. The molecule has 1 saturated carbocycles. The van der Waals surface area contributed by atoms with Crippen molar-refractivity contribution in [2.75, 3.05) is 43.4 Å². The molecule has 2 fully saturated rings. The number of ether oxygens (including phenoxy) is 2. The second kappa shape index (κ2) is 10.4. The first-order chi connectivity index (χ1) is 20.7. The molecule has 0 radical (unpaired) electrons. The summed E-state index contributed by atoms with van der Waals surface area (Å²) < 4.78 is 54.1. The molecule has 4 aliphatic rings. The number of anilines is 2. The van der Waals surface area contributed by atoms with Gasteiger partial charge >= 0.3 is 6.18 Å². The molecular weight excluding hydrogens is 563 g/mol. The lowest BCUT2D eigenvalue weighted by Gasteiger charge is -2.35. The van der Waals surface area contributed by atoms with Gasteiger partial charge in [-0.05, 0) is 55.9 Å². The Balaban J connectivity index is 1.05. The maximum atomic E-state index is 14.0. The zero-order chi connectivity index (χ0) is 29.9. The molecule has 222 valence electrons. The normalized spacial score (nSPS) is 22.8. The Labute approximate surface area is 245 Å². The standard InChI is InChI=1S/C31H28F3N5O4/c1-38-10-12-39(13-11-38)23-5-2-17(14-22(23)31(32,33)34)30(41)36-16-21-27-20-15-18(3-6-24(20)43-28(21)27)42-25-8-9-35-29-19(25)4-7-26(40)37-29/h2-3,5-6,8-9,14-16,21,27-28H,4,7,10-13H2,1H3,(H,35,37,40)/t21?,27-,28+/m0/s1. The van der Waals surface area contributed by atoms with Gasteiger partial charge in [0.1, 0.15) is 29.2 Å². The predicted molar refractivity (Wildman–Crippen MR) is 152 cm³/mol. The van der Waals surface area contributed by atoms with E-state index < -0.39 is 17.6 Å². The van der Waals surface area contributed by atoms with Gasteiger partial charge in [0.25, 0.3) is 5.91 Å². The number of aliphatic imine (C=N–C) groups is 1. The van der Waals surface area contributed by atoms with E-state index in [4.69, 9.17) is 9.47 Å². The first-order valence-corrected chi connectivity index (χ1v) is 14.1. The van der Waals surface area contributed by atoms with Crippen molar-refractivity contribution in [1.29, 1.82) is 0 Å². The van der Waals surface area contributed by atoms with Crippen molar-refractivity contribution in [2.45, 2.75) is 31.0 Å². The minimum absolute atomic E-state index is 0.0360. The van der Waals surface area contributed by atoms with Crippen LogP contribution in [0.1, 0.15) is 39.4 Å². The van der Waals surface area contributed by atoms with Crippen LogP contribution in [0.4, 0.5) is 24.7 Å². The summed E-state index contributed by atoms with van der Waals surface area (Å²) in [4.78, 5) is 36.6. The number of alkyl halides is 3. The molecule has 1 N–H and O–H groups in total. The third kappa shape index (κ3) is 5.20. The SMILES string of the molecule is CN1CCN(c2ccc(C(=O)N=CC3[C@H]4Oc5ccc(Oc6ccnc7c6CCC(=O)N7)cc5[C@@H]34)cc2C(F)(F)F)CC1. The summed E-state index contributed by atoms with van der Waals surface area (Å²) in [6.07, 6.45) is -0.859. The van der Waals surface area contributed by atoms with Crippen LogP contribution < -0.4 is 19.7 Å². The van der Waals surface area contributed by atoms with Gasteiger partial charge in [-0.15, -0.1) is 0 Å². The number of amides is 2. The Morgan fingerprint density at radius 2 is 1.93 bits per heavy atom. The van der Waals surface area contributed by atoms with E-state index in [1.807, 2.05) is 19.2 Å². The van der Waals surface area contributed by atoms with Crippen molar-refractivity contribution in [3.63, 3.8) is 0 Å². The summed E-state index contributed by atoms with van der Waals surface area (Å²) >= 11 is 0. The van der Waals surface area contributed by atoms with Gasteiger partial charge in [0.05, 0.1) is 5.56 Å². The third-order valence-corrected chi connectivity index (χ3v) is 8.47. The molecule has 1 saturated heterocycles. The molecule has 2 aromatic carbocycles. The van der Waals surface area contributed by atoms with Gasteiger partial charge in [-0.3, -0.25) is 9.59 Å². The minimum atomic E-state index is -4.60. The molecule has 0 bridgehead atoms. The number of piperazine rings is 1. The van der Waals surface area contributed by atoms with Crippen LogP contribution in [-0.4, -0.2) is 67.2 Å². The number of benzene rings is 2. The molecular formula is C31H28F3N5O4. The number of likely N-dealkylation sites (N-methyl/N-ethyl adjacent to an activating group) is 1. The molecule has 43 heavy (non-hydrogen) atoms. The highest BCUT2D eigenvalue weighted by molar-refractivity contribution is 6.00. The first-order valence-electron chi connectivity index (χ1n) is 14.1. The van der Waals surface area contributed by atoms with E-state index in [0.29, 0.717) is 56.3 Å². The zero-order valence-electron chi connectivity index (χ0n) is 23.2. The fourth-order valence-electron chi connectivity index (χ4n) is 6.05. The highest BCUT2D eigenvalue weighted by Crippen LogP contribution is 2.58. The second-order valence-electron chi connectivity index (χ2n) is 11.3. The smallest absolute Gasteiger partial charge is 0.418 e. The van der Waals surface area contributed by atoms with E-state index >= 15 is 0 Å². The Kier molecular flexibility index (Phi) is 6.60. The van der Waals surface area contributed by atoms with Gasteiger partial charge in [-0.25, -0.2) is 9.98 Å². The molecule has 7 rings (SSSR count). The van der Waals surface area contributed by atoms with Crippen LogP contribution in [0.25, 0.3) is 0 Å². The fraction of sp³-hybridized carbons (Fsp3) is 0.355. The monoisotopic (exact) mass is 591 g/mol. The topological polar surface area (TPSA) is 96.4 Å². The summed E-state index contributed by atoms with van der Waals surface area (Å²) in [7, 11) is 1.93. The summed E-state index contributed by atoms with van der Waals surface area (Å²) in [6.45, 7) is 2.28. The van der Waals surface area contributed by atoms with Crippen molar-refractivity contribution < 1.29 is 32.2 Å². The number of nitrogens with zero attached hydrogens (tertiary/aromatic N) is 4. The van der Waals surface area contributed by atoms with E-state index in [9.17, 15) is 22.8 Å². The van der Waals surface area contributed by atoms with Crippen LogP contribution in [0.5, 0.6) is 17.2 Å². The van der Waals surface area contributed by atoms with Crippen molar-refractivity contribution in [1.82, 2.24) is 9.88 Å². The van der Waals surface area contributed by atoms with Crippen LogP contribution in [0.15, 0.2) is 53.7 Å². The molecule has 1 unspecified atom stereocenters. The molecule has 4 heterocycles. The van der Waals surface area contributed by atoms with Gasteiger partial charge in [-0.2, -0.15) is 13.2 Å². The lowest BCUT2D eigenvalue weighted by molar-refractivity contribution is -0.137. The maximum Gasteiger partial charge on any atom is 0.418 e. The van der Waals surface area contributed by atoms with Crippen LogP contribution in [0, 0.1) is 5.92 Å². The summed E-state index contributed by atoms with van der Waals surface area (Å²) in [5.74, 6) is 1.39. The van der Waals surface area contributed by atoms with Gasteiger partial charge in [-0.1, -0.05) is 0 Å². The van der Waals surface area contributed by atoms with Crippen molar-refractivity contribution in [3.05, 3.63) is 70.9 Å². The number of halogens is 3. The lowest BCUT2D eigenvalue weighted by Crippen LogP contribution is -2.45. The summed E-state index contributed by atoms with van der Waals surface area (Å²) in [6, 6.07) is 11.0. The number of hydrogen-bond donors (Lipinski definition) is 1. The van der Waals surface area contributed by atoms with E-state index in [0.717, 1.165) is 22.9 Å². The Morgan fingerprint density at radius 1 is 1.12 bits per heavy atom. The molecule has 0 spiro atoms. The van der Waals surface area contributed by atoms with Crippen molar-refractivity contribution in [3.8, 4) is 17.2 Å². The van der Waals surface area contributed by atoms with Crippen LogP contribution in [0.2, 0.25) is 0 Å². The molecule has 3 aromatic rings. The number of hydrogen-bond acceptors (Lipinski definition) is 7. The Hall–Kier alpha value is -4.45. The predicted octanol–water partition coefficient (Wildman–Crippen LogP) is 4.91. The average molecular weight is 592 g/mol. The number of rotatable bonds is 5. The lowest BCUT2D eigenvalue weighted by atomic mass is 10.1. The van der Waals surface area contributed by atoms with Crippen LogP contribution in [-0.2, 0) is 17.4 Å². The zero-order valence-corrected chi connectivity index (χ0v) is 23.2. The van der Waals surface area contributed by atoms with E-state index in [2.05, 4.69) is 20.2 Å². The number of nitrogens with one attached hydrogen (secondary N) is 1. The van der Waals surface area contributed by atoms with Crippen molar-refractivity contribution >= 4 is 29.5 Å². The summed E-state index contributed by atoms with van der Waals surface area (Å²) in [5, 5.41) is 2.76. The van der Waals surface area contributed by atoms with Crippen LogP contribution >= 0.6 is 0 Å². The van der Waals surface area contributed by atoms with E-state index in [-0.39, 0.29) is 35.1 Å². The van der Waals surface area contributed by atoms with Crippen LogP contribution in [0.3, 0.4) is 0 Å². The van der Waals surface area contributed by atoms with Gasteiger partial charge < -0.3 is 24.6 Å². The fourth-order valence-corrected chi connectivity index (χ4v) is 6.05. The second-order valence-corrected chi connectivity index (χ2v) is 11.3. The third-order valence-electron chi connectivity index (χ3n) is 8.47. The number of aromatic nitrogens is 1. The maximum absolute atomic E-state index is 14.0. The molecule has 1 aromatic heterocycles. The van der Waals surface area contributed by atoms with Crippen molar-refractivity contribution in [2.24, 2.45) is 10.9 Å². The molecule has 9 nitrogen and oxygen atoms in total. The highest BCUT2D eigenvalue weighted by Gasteiger charge is 2.58. The number of fused-ring (bicyclic) bond motifs is 4.